The summed E-state index contributed by atoms with van der Waals surface area (Å²) >= 11 is 0. The molecule has 134 valence electrons. The molecule has 0 fully saturated rings. The Morgan fingerprint density at radius 2 is 1.76 bits per heavy atom. The predicted octanol–water partition coefficient (Wildman–Crippen LogP) is 2.20. The molecule has 0 spiro atoms. The van der Waals surface area contributed by atoms with E-state index in [1.807, 2.05) is 37.3 Å². The Hall–Kier alpha value is -2.57. The molecule has 0 saturated carbocycles. The Bertz CT molecular complexity index is 704. The summed E-state index contributed by atoms with van der Waals surface area (Å²) in [6.07, 6.45) is 0.141. The van der Waals surface area contributed by atoms with Gasteiger partial charge in [0, 0.05) is 6.04 Å². The molecule has 0 aliphatic carbocycles. The van der Waals surface area contributed by atoms with Gasteiger partial charge in [0.05, 0.1) is 0 Å². The first-order valence-corrected chi connectivity index (χ1v) is 8.11. The highest BCUT2D eigenvalue weighted by atomic mass is 16.4. The number of rotatable bonds is 8. The van der Waals surface area contributed by atoms with Gasteiger partial charge in [-0.3, -0.25) is 10.1 Å². The van der Waals surface area contributed by atoms with Crippen LogP contribution in [-0.4, -0.2) is 38.5 Å². The van der Waals surface area contributed by atoms with E-state index in [2.05, 4.69) is 5.32 Å². The van der Waals surface area contributed by atoms with E-state index >= 15 is 0 Å². The highest BCUT2D eigenvalue weighted by Crippen LogP contribution is 2.29. The number of aliphatic carboxylic acids is 1. The molecule has 0 aliphatic rings. The van der Waals surface area contributed by atoms with Crippen molar-refractivity contribution in [3.05, 3.63) is 59.7 Å². The number of aliphatic hydroxyl groups is 1. The van der Waals surface area contributed by atoms with Gasteiger partial charge < -0.3 is 20.4 Å². The molecule has 25 heavy (non-hydrogen) atoms. The second-order valence-corrected chi connectivity index (χ2v) is 6.10. The number of aryl methyl sites for hydroxylation is 1. The van der Waals surface area contributed by atoms with Crippen molar-refractivity contribution in [2.75, 3.05) is 0 Å². The molecule has 0 aromatic heterocycles. The molecular weight excluding hydrogens is 322 g/mol. The number of carboxylic acid groups (broad SMARTS) is 1. The number of carboxylic acids is 1. The molecule has 0 bridgehead atoms. The van der Waals surface area contributed by atoms with E-state index in [0.29, 0.717) is 6.42 Å². The molecular formula is C19H23NO5. The molecule has 0 aliphatic heterocycles. The number of phenols is 2. The molecule has 3 atom stereocenters. The van der Waals surface area contributed by atoms with E-state index in [4.69, 9.17) is 0 Å². The molecule has 2 unspecified atom stereocenters. The third-order valence-corrected chi connectivity index (χ3v) is 4.10. The van der Waals surface area contributed by atoms with Crippen LogP contribution in [0.1, 0.15) is 30.6 Å². The lowest BCUT2D eigenvalue weighted by Crippen LogP contribution is -2.46. The number of hydrogen-bond acceptors (Lipinski definition) is 5. The fraction of sp³-hybridized carbons (Fsp3) is 0.316. The first kappa shape index (κ1) is 18.8. The molecule has 2 aromatic rings. The lowest BCUT2D eigenvalue weighted by Gasteiger charge is -2.25. The second kappa shape index (κ2) is 8.50. The summed E-state index contributed by atoms with van der Waals surface area (Å²) in [5.41, 5.74) is 1.37. The number of aromatic hydroxyl groups is 2. The fourth-order valence-electron chi connectivity index (χ4n) is 2.63. The number of phenolic OH excluding ortho intramolecular Hbond substituents is 2. The van der Waals surface area contributed by atoms with Crippen LogP contribution in [0, 0.1) is 0 Å². The maximum atomic E-state index is 11.5. The minimum absolute atomic E-state index is 0.137. The van der Waals surface area contributed by atoms with E-state index in [1.54, 1.807) is 0 Å². The van der Waals surface area contributed by atoms with Gasteiger partial charge in [0.2, 0.25) is 0 Å². The van der Waals surface area contributed by atoms with Crippen molar-refractivity contribution < 1.29 is 25.2 Å². The molecule has 0 saturated heterocycles. The SMILES string of the molecule is CC(CCc1ccccc1)N[C@H](C(=O)O)C(O)c1ccc(O)c(O)c1. The van der Waals surface area contributed by atoms with Gasteiger partial charge >= 0.3 is 5.97 Å². The van der Waals surface area contributed by atoms with E-state index in [-0.39, 0.29) is 17.4 Å². The topological polar surface area (TPSA) is 110 Å². The molecule has 2 rings (SSSR count). The largest absolute Gasteiger partial charge is 0.504 e. The maximum Gasteiger partial charge on any atom is 0.323 e. The first-order chi connectivity index (χ1) is 11.9. The Morgan fingerprint density at radius 3 is 2.36 bits per heavy atom. The van der Waals surface area contributed by atoms with E-state index in [9.17, 15) is 25.2 Å². The van der Waals surface area contributed by atoms with Crippen molar-refractivity contribution in [1.82, 2.24) is 5.32 Å². The van der Waals surface area contributed by atoms with Crippen LogP contribution in [0.3, 0.4) is 0 Å². The number of hydrogen-bond donors (Lipinski definition) is 5. The molecule has 6 nitrogen and oxygen atoms in total. The van der Waals surface area contributed by atoms with E-state index in [1.165, 1.54) is 12.1 Å². The summed E-state index contributed by atoms with van der Waals surface area (Å²) in [5.74, 6) is -1.92. The Labute approximate surface area is 146 Å². The highest BCUT2D eigenvalue weighted by molar-refractivity contribution is 5.74. The quantitative estimate of drug-likeness (QED) is 0.469. The average Bonchev–Trinajstić information content (AvgIpc) is 2.60. The normalized spacial score (nSPS) is 14.6. The predicted molar refractivity (Wildman–Crippen MR) is 93.5 cm³/mol. The van der Waals surface area contributed by atoms with Gasteiger partial charge in [0.15, 0.2) is 11.5 Å². The summed E-state index contributed by atoms with van der Waals surface area (Å²) in [6.45, 7) is 1.86. The molecule has 5 N–H and O–H groups in total. The van der Waals surface area contributed by atoms with Gasteiger partial charge in [-0.2, -0.15) is 0 Å². The molecule has 0 amide bonds. The van der Waals surface area contributed by atoms with Crippen molar-refractivity contribution in [1.29, 1.82) is 0 Å². The van der Waals surface area contributed by atoms with E-state index in [0.717, 1.165) is 18.1 Å². The number of carbonyl (C=O) groups is 1. The standard InChI is InChI=1S/C19H23NO5/c1-12(7-8-13-5-3-2-4-6-13)20-17(19(24)25)18(23)14-9-10-15(21)16(22)11-14/h2-6,9-12,17-18,20-23H,7-8H2,1H3,(H,24,25)/t12?,17-,18?/m0/s1. The van der Waals surface area contributed by atoms with Gasteiger partial charge in [-0.15, -0.1) is 0 Å². The summed E-state index contributed by atoms with van der Waals surface area (Å²) in [4.78, 5) is 11.5. The van der Waals surface area contributed by atoms with Gasteiger partial charge in [0.25, 0.3) is 0 Å². The minimum Gasteiger partial charge on any atom is -0.504 e. The maximum absolute atomic E-state index is 11.5. The molecule has 0 heterocycles. The van der Waals surface area contributed by atoms with Crippen molar-refractivity contribution in [3.8, 4) is 11.5 Å². The van der Waals surface area contributed by atoms with Gasteiger partial charge in [-0.25, -0.2) is 0 Å². The van der Waals surface area contributed by atoms with Crippen LogP contribution in [-0.2, 0) is 11.2 Å². The Kier molecular flexibility index (Phi) is 6.38. The van der Waals surface area contributed by atoms with Crippen LogP contribution in [0.15, 0.2) is 48.5 Å². The molecule has 0 radical (unpaired) electrons. The zero-order chi connectivity index (χ0) is 18.4. The lowest BCUT2D eigenvalue weighted by atomic mass is 9.99. The van der Waals surface area contributed by atoms with Crippen LogP contribution in [0.25, 0.3) is 0 Å². The minimum atomic E-state index is -1.36. The summed E-state index contributed by atoms with van der Waals surface area (Å²) in [5, 5.41) is 41.6. The van der Waals surface area contributed by atoms with Crippen LogP contribution >= 0.6 is 0 Å². The third kappa shape index (κ3) is 5.20. The zero-order valence-corrected chi connectivity index (χ0v) is 14.0. The second-order valence-electron chi connectivity index (χ2n) is 6.10. The lowest BCUT2D eigenvalue weighted by molar-refractivity contribution is -0.143. The average molecular weight is 345 g/mol. The number of benzene rings is 2. The summed E-state index contributed by atoms with van der Waals surface area (Å²) in [6, 6.07) is 12.3. The number of nitrogens with one attached hydrogen (secondary N) is 1. The zero-order valence-electron chi connectivity index (χ0n) is 14.0. The molecule has 2 aromatic carbocycles. The van der Waals surface area contributed by atoms with Gasteiger partial charge in [-0.1, -0.05) is 36.4 Å². The highest BCUT2D eigenvalue weighted by Gasteiger charge is 2.29. The van der Waals surface area contributed by atoms with Crippen LogP contribution in [0.2, 0.25) is 0 Å². The fourth-order valence-corrected chi connectivity index (χ4v) is 2.63. The van der Waals surface area contributed by atoms with Crippen molar-refractivity contribution >= 4 is 5.97 Å². The van der Waals surface area contributed by atoms with Crippen LogP contribution in [0.4, 0.5) is 0 Å². The molecule has 6 heteroatoms. The number of aliphatic hydroxyl groups excluding tert-OH is 1. The Balaban J connectivity index is 2.01. The summed E-state index contributed by atoms with van der Waals surface area (Å²) < 4.78 is 0. The summed E-state index contributed by atoms with van der Waals surface area (Å²) in [7, 11) is 0. The van der Waals surface area contributed by atoms with Crippen molar-refractivity contribution in [2.24, 2.45) is 0 Å². The monoisotopic (exact) mass is 345 g/mol. The smallest absolute Gasteiger partial charge is 0.323 e. The van der Waals surface area contributed by atoms with Crippen LogP contribution in [0.5, 0.6) is 11.5 Å². The Morgan fingerprint density at radius 1 is 1.08 bits per heavy atom. The van der Waals surface area contributed by atoms with Gasteiger partial charge in [-0.05, 0) is 43.0 Å². The van der Waals surface area contributed by atoms with Crippen molar-refractivity contribution in [2.45, 2.75) is 38.0 Å². The third-order valence-electron chi connectivity index (χ3n) is 4.10. The van der Waals surface area contributed by atoms with Gasteiger partial charge in [0.1, 0.15) is 12.1 Å². The van der Waals surface area contributed by atoms with E-state index < -0.39 is 23.9 Å². The van der Waals surface area contributed by atoms with Crippen LogP contribution < -0.4 is 5.32 Å². The van der Waals surface area contributed by atoms with Crippen molar-refractivity contribution in [3.63, 3.8) is 0 Å². The first-order valence-electron chi connectivity index (χ1n) is 8.11.